The smallest absolute Gasteiger partial charge is 0.290 e. The lowest BCUT2D eigenvalue weighted by Crippen LogP contribution is -2.39. The molecule has 1 aliphatic carbocycles. The molecule has 2 aliphatic rings. The lowest BCUT2D eigenvalue weighted by Gasteiger charge is -2.32. The molecule has 1 amide bonds. The Morgan fingerprint density at radius 1 is 1.25 bits per heavy atom. The Hall–Kier alpha value is -2.17. The molecule has 1 atom stereocenters. The molecule has 0 radical (unpaired) electrons. The van der Waals surface area contributed by atoms with E-state index < -0.39 is 23.1 Å². The number of amides is 1. The van der Waals surface area contributed by atoms with Crippen molar-refractivity contribution in [1.82, 2.24) is 9.88 Å². The van der Waals surface area contributed by atoms with Crippen LogP contribution < -0.4 is 0 Å². The highest BCUT2D eigenvalue weighted by Gasteiger charge is 2.49. The molecule has 24 heavy (non-hydrogen) atoms. The topological polar surface area (TPSA) is 70.5 Å². The number of hydrogen-bond acceptors (Lipinski definition) is 4. The first-order valence-electron chi connectivity index (χ1n) is 8.54. The largest absolute Gasteiger partial charge is 0.503 e. The van der Waals surface area contributed by atoms with Gasteiger partial charge in [-0.15, -0.1) is 0 Å². The molecule has 0 bridgehead atoms. The van der Waals surface area contributed by atoms with E-state index in [1.807, 2.05) is 12.1 Å². The second kappa shape index (κ2) is 6.04. The third-order valence-corrected chi connectivity index (χ3v) is 4.86. The number of aliphatic hydroxyl groups excluding tert-OH is 1. The first kappa shape index (κ1) is 16.7. The lowest BCUT2D eigenvalue weighted by molar-refractivity contribution is -0.131. The van der Waals surface area contributed by atoms with Crippen LogP contribution in [0.2, 0.25) is 0 Å². The van der Waals surface area contributed by atoms with E-state index in [1.165, 1.54) is 0 Å². The summed E-state index contributed by atoms with van der Waals surface area (Å²) >= 11 is 0. The summed E-state index contributed by atoms with van der Waals surface area (Å²) in [4.78, 5) is 31.8. The van der Waals surface area contributed by atoms with Crippen LogP contribution >= 0.6 is 0 Å². The van der Waals surface area contributed by atoms with Gasteiger partial charge in [0.05, 0.1) is 11.3 Å². The van der Waals surface area contributed by atoms with Crippen molar-refractivity contribution < 1.29 is 14.7 Å². The number of carbonyl (C=O) groups is 2. The van der Waals surface area contributed by atoms with Gasteiger partial charge in [0.1, 0.15) is 6.04 Å². The van der Waals surface area contributed by atoms with E-state index in [-0.39, 0.29) is 17.4 Å². The maximum absolute atomic E-state index is 12.9. The lowest BCUT2D eigenvalue weighted by atomic mass is 9.83. The average Bonchev–Trinajstić information content (AvgIpc) is 3.14. The van der Waals surface area contributed by atoms with Crippen molar-refractivity contribution in [3.8, 4) is 0 Å². The summed E-state index contributed by atoms with van der Waals surface area (Å²) in [5, 5.41) is 10.5. The Kier molecular flexibility index (Phi) is 4.20. The van der Waals surface area contributed by atoms with Crippen molar-refractivity contribution in [1.29, 1.82) is 0 Å². The fourth-order valence-electron chi connectivity index (χ4n) is 3.65. The van der Waals surface area contributed by atoms with Crippen molar-refractivity contribution in [2.75, 3.05) is 0 Å². The van der Waals surface area contributed by atoms with E-state index in [0.29, 0.717) is 5.69 Å². The van der Waals surface area contributed by atoms with Crippen LogP contribution in [0.4, 0.5) is 0 Å². The van der Waals surface area contributed by atoms with Crippen molar-refractivity contribution in [2.24, 2.45) is 5.41 Å². The molecule has 5 heteroatoms. The molecule has 1 saturated carbocycles. The van der Waals surface area contributed by atoms with Crippen LogP contribution in [0.15, 0.2) is 35.7 Å². The zero-order valence-electron chi connectivity index (χ0n) is 14.5. The van der Waals surface area contributed by atoms with Gasteiger partial charge in [0.25, 0.3) is 5.91 Å². The number of rotatable bonds is 3. The van der Waals surface area contributed by atoms with Gasteiger partial charge in [-0.3, -0.25) is 14.6 Å². The fourth-order valence-corrected chi connectivity index (χ4v) is 3.65. The quantitative estimate of drug-likeness (QED) is 0.924. The molecule has 1 unspecified atom stereocenters. The molecule has 1 fully saturated rings. The highest BCUT2D eigenvalue weighted by Crippen LogP contribution is 2.43. The van der Waals surface area contributed by atoms with Crippen molar-refractivity contribution in [2.45, 2.75) is 58.5 Å². The Labute approximate surface area is 142 Å². The predicted molar refractivity (Wildman–Crippen MR) is 90.2 cm³/mol. The van der Waals surface area contributed by atoms with Gasteiger partial charge in [-0.25, -0.2) is 0 Å². The second-order valence-electron chi connectivity index (χ2n) is 7.65. The molecule has 1 aromatic heterocycles. The van der Waals surface area contributed by atoms with E-state index in [1.54, 1.807) is 37.9 Å². The van der Waals surface area contributed by atoms with Crippen LogP contribution in [0.1, 0.15) is 58.2 Å². The van der Waals surface area contributed by atoms with Gasteiger partial charge in [0.15, 0.2) is 11.5 Å². The third-order valence-electron chi connectivity index (χ3n) is 4.86. The third kappa shape index (κ3) is 2.72. The van der Waals surface area contributed by atoms with Crippen LogP contribution in [-0.4, -0.2) is 32.7 Å². The van der Waals surface area contributed by atoms with Crippen molar-refractivity contribution in [3.63, 3.8) is 0 Å². The molecule has 5 nitrogen and oxygen atoms in total. The number of aliphatic hydroxyl groups is 1. The SMILES string of the molecule is CC(C)(C)C(=O)C1=C(O)C(=O)N(C2CCCC2)C1c1ccccn1. The van der Waals surface area contributed by atoms with Crippen LogP contribution in [0.5, 0.6) is 0 Å². The summed E-state index contributed by atoms with van der Waals surface area (Å²) < 4.78 is 0. The maximum atomic E-state index is 12.9. The van der Waals surface area contributed by atoms with Gasteiger partial charge >= 0.3 is 0 Å². The summed E-state index contributed by atoms with van der Waals surface area (Å²) in [5.74, 6) is -1.05. The number of ketones is 1. The molecule has 3 rings (SSSR count). The Morgan fingerprint density at radius 2 is 1.92 bits per heavy atom. The number of pyridine rings is 1. The number of Topliss-reactive ketones (excluding diaryl/α,β-unsaturated/α-hetero) is 1. The van der Waals surface area contributed by atoms with E-state index in [0.717, 1.165) is 25.7 Å². The molecule has 128 valence electrons. The van der Waals surface area contributed by atoms with E-state index in [9.17, 15) is 14.7 Å². The predicted octanol–water partition coefficient (Wildman–Crippen LogP) is 3.33. The van der Waals surface area contributed by atoms with Crippen molar-refractivity contribution in [3.05, 3.63) is 41.4 Å². The zero-order valence-corrected chi connectivity index (χ0v) is 14.5. The van der Waals surface area contributed by atoms with Crippen molar-refractivity contribution >= 4 is 11.7 Å². The van der Waals surface area contributed by atoms with Gasteiger partial charge in [0.2, 0.25) is 0 Å². The minimum absolute atomic E-state index is 0.0527. The van der Waals surface area contributed by atoms with Crippen LogP contribution in [0.3, 0.4) is 0 Å². The molecule has 0 spiro atoms. The van der Waals surface area contributed by atoms with Crippen LogP contribution in [0.25, 0.3) is 0 Å². The summed E-state index contributed by atoms with van der Waals surface area (Å²) in [6.07, 6.45) is 5.58. The fraction of sp³-hybridized carbons (Fsp3) is 0.526. The van der Waals surface area contributed by atoms with Gasteiger partial charge < -0.3 is 10.0 Å². The average molecular weight is 328 g/mol. The van der Waals surface area contributed by atoms with Crippen LogP contribution in [-0.2, 0) is 9.59 Å². The normalized spacial score (nSPS) is 22.5. The minimum atomic E-state index is -0.678. The summed E-state index contributed by atoms with van der Waals surface area (Å²) in [6.45, 7) is 5.40. The van der Waals surface area contributed by atoms with Crippen LogP contribution in [0, 0.1) is 5.41 Å². The summed E-state index contributed by atoms with van der Waals surface area (Å²) in [7, 11) is 0. The molecular weight excluding hydrogens is 304 g/mol. The molecule has 0 saturated heterocycles. The monoisotopic (exact) mass is 328 g/mol. The highest BCUT2D eigenvalue weighted by molar-refractivity contribution is 6.10. The highest BCUT2D eigenvalue weighted by atomic mass is 16.3. The van der Waals surface area contributed by atoms with E-state index >= 15 is 0 Å². The Bertz CT molecular complexity index is 682. The first-order valence-corrected chi connectivity index (χ1v) is 8.54. The number of carbonyl (C=O) groups excluding carboxylic acids is 2. The van der Waals surface area contributed by atoms with E-state index in [4.69, 9.17) is 0 Å². The molecule has 0 aromatic carbocycles. The number of nitrogens with zero attached hydrogens (tertiary/aromatic N) is 2. The number of hydrogen-bond donors (Lipinski definition) is 1. The summed E-state index contributed by atoms with van der Waals surface area (Å²) in [6, 6.07) is 4.92. The molecule has 1 N–H and O–H groups in total. The Balaban J connectivity index is 2.10. The molecule has 1 aromatic rings. The molecule has 2 heterocycles. The van der Waals surface area contributed by atoms with Gasteiger partial charge in [-0.2, -0.15) is 0 Å². The molecule has 1 aliphatic heterocycles. The Morgan fingerprint density at radius 3 is 2.46 bits per heavy atom. The van der Waals surface area contributed by atoms with Gasteiger partial charge in [0, 0.05) is 17.7 Å². The minimum Gasteiger partial charge on any atom is -0.503 e. The second-order valence-corrected chi connectivity index (χ2v) is 7.65. The molecular formula is C19H24N2O3. The van der Waals surface area contributed by atoms with E-state index in [2.05, 4.69) is 4.98 Å². The van der Waals surface area contributed by atoms with Gasteiger partial charge in [-0.1, -0.05) is 39.7 Å². The summed E-state index contributed by atoms with van der Waals surface area (Å²) in [5.41, 5.74) is 0.148. The number of aromatic nitrogens is 1. The standard InChI is InChI=1S/C19H24N2O3/c1-19(2,3)17(23)14-15(13-10-6-7-11-20-13)21(18(24)16(14)22)12-8-4-5-9-12/h6-7,10-12,15,22H,4-5,8-9H2,1-3H3. The zero-order chi connectivity index (χ0) is 17.5. The maximum Gasteiger partial charge on any atom is 0.290 e. The first-order chi connectivity index (χ1) is 11.3. The van der Waals surface area contributed by atoms with Gasteiger partial charge in [-0.05, 0) is 25.0 Å².